The van der Waals surface area contributed by atoms with Crippen molar-refractivity contribution in [3.8, 4) is 56.4 Å². The van der Waals surface area contributed by atoms with Crippen LogP contribution in [0.4, 0.5) is 0 Å². The van der Waals surface area contributed by atoms with Gasteiger partial charge in [0.05, 0.1) is 0 Å². The van der Waals surface area contributed by atoms with E-state index in [1.807, 2.05) is 36.7 Å². The lowest BCUT2D eigenvalue weighted by atomic mass is 9.43. The molecule has 0 atom stereocenters. The SMILES string of the molecule is c1cncc(-c2nc(-c3cccnc3)nc(-c3c4ccccc4c(-c4ccc5c(c4)C4(c6ccccc6-5)C5CC6CC(C5)CC4C6)c4ccccc34)n2)c1. The molecular formula is C49H37N5. The lowest BCUT2D eigenvalue weighted by Crippen LogP contribution is -2.55. The predicted molar refractivity (Wildman–Crippen MR) is 215 cm³/mol. The number of hydrogen-bond donors (Lipinski definition) is 0. The van der Waals surface area contributed by atoms with Crippen LogP contribution < -0.4 is 0 Å². The minimum atomic E-state index is 0.108. The normalized spacial score (nSPS) is 23.3. The Kier molecular flexibility index (Phi) is 6.45. The van der Waals surface area contributed by atoms with Gasteiger partial charge >= 0.3 is 0 Å². The first-order chi connectivity index (χ1) is 26.7. The fraction of sp³-hybridized carbons (Fsp3) is 0.204. The molecule has 13 rings (SSSR count). The molecule has 5 heteroatoms. The molecule has 5 aliphatic rings. The molecule has 8 aromatic rings. The third-order valence-corrected chi connectivity index (χ3v) is 13.5. The summed E-state index contributed by atoms with van der Waals surface area (Å²) in [6.45, 7) is 0. The third kappa shape index (κ3) is 4.24. The molecule has 0 radical (unpaired) electrons. The molecule has 4 bridgehead atoms. The highest BCUT2D eigenvalue weighted by molar-refractivity contribution is 6.21. The Hall–Kier alpha value is -6.07. The van der Waals surface area contributed by atoms with Crippen LogP contribution in [0.15, 0.2) is 140 Å². The smallest absolute Gasteiger partial charge is 0.165 e. The maximum absolute atomic E-state index is 5.19. The maximum Gasteiger partial charge on any atom is 0.165 e. The van der Waals surface area contributed by atoms with Crippen LogP contribution in [0.3, 0.4) is 0 Å². The molecule has 0 amide bonds. The highest BCUT2D eigenvalue weighted by atomic mass is 15.0. The van der Waals surface area contributed by atoms with Crippen LogP contribution in [-0.2, 0) is 5.41 Å². The summed E-state index contributed by atoms with van der Waals surface area (Å²) in [6, 6.07) is 42.4. The van der Waals surface area contributed by atoms with Gasteiger partial charge in [0.2, 0.25) is 0 Å². The number of aromatic nitrogens is 5. The summed E-state index contributed by atoms with van der Waals surface area (Å²) in [6.07, 6.45) is 14.1. The van der Waals surface area contributed by atoms with E-state index in [9.17, 15) is 0 Å². The van der Waals surface area contributed by atoms with Gasteiger partial charge in [-0.1, -0.05) is 84.9 Å². The lowest BCUT2D eigenvalue weighted by molar-refractivity contribution is -0.0399. The molecular weight excluding hydrogens is 659 g/mol. The monoisotopic (exact) mass is 695 g/mol. The largest absolute Gasteiger partial charge is 0.264 e. The molecule has 5 aliphatic carbocycles. The van der Waals surface area contributed by atoms with Crippen molar-refractivity contribution in [1.29, 1.82) is 0 Å². The van der Waals surface area contributed by atoms with Crippen LogP contribution in [0, 0.1) is 23.7 Å². The zero-order chi connectivity index (χ0) is 35.4. The standard InChI is InChI=1S/C49H37N5/c1-3-14-40-38(12-1)44(31-17-18-37-36-11-5-6-16-42(36)49(43(37)26-31)34-22-29-21-30(24-34)25-35(49)23-29)39-13-2-4-15-41(39)45(40)48-53-46(32-9-7-19-50-27-32)52-47(54-48)33-10-8-20-51-28-33/h1-20,26-30,34-35H,21-25H2. The van der Waals surface area contributed by atoms with E-state index < -0.39 is 0 Å². The van der Waals surface area contributed by atoms with Crippen LogP contribution in [0.25, 0.3) is 78.0 Å². The predicted octanol–water partition coefficient (Wildman–Crippen LogP) is 11.4. The molecule has 0 N–H and O–H groups in total. The van der Waals surface area contributed by atoms with Gasteiger partial charge in [0.15, 0.2) is 17.5 Å². The van der Waals surface area contributed by atoms with Gasteiger partial charge in [-0.25, -0.2) is 15.0 Å². The second-order valence-electron chi connectivity index (χ2n) is 16.1. The number of fused-ring (bicyclic) bond motifs is 5. The Morgan fingerprint density at radius 3 is 1.52 bits per heavy atom. The fourth-order valence-corrected chi connectivity index (χ4v) is 11.7. The van der Waals surface area contributed by atoms with Gasteiger partial charge in [0.25, 0.3) is 0 Å². The van der Waals surface area contributed by atoms with Crippen LogP contribution in [0.5, 0.6) is 0 Å². The van der Waals surface area contributed by atoms with Crippen molar-refractivity contribution in [2.75, 3.05) is 0 Å². The highest BCUT2D eigenvalue weighted by Crippen LogP contribution is 2.69. The van der Waals surface area contributed by atoms with Crippen molar-refractivity contribution in [2.24, 2.45) is 23.7 Å². The topological polar surface area (TPSA) is 64.5 Å². The number of pyridine rings is 2. The Bertz CT molecular complexity index is 2650. The van der Waals surface area contributed by atoms with E-state index >= 15 is 0 Å². The summed E-state index contributed by atoms with van der Waals surface area (Å²) in [5.74, 6) is 5.06. The van der Waals surface area contributed by atoms with E-state index in [4.69, 9.17) is 15.0 Å². The minimum absolute atomic E-state index is 0.108. The first kappa shape index (κ1) is 30.4. The summed E-state index contributed by atoms with van der Waals surface area (Å²) in [5, 5.41) is 4.65. The highest BCUT2D eigenvalue weighted by Gasteiger charge is 2.61. The Labute approximate surface area is 314 Å². The minimum Gasteiger partial charge on any atom is -0.264 e. The van der Waals surface area contributed by atoms with Crippen molar-refractivity contribution in [2.45, 2.75) is 37.5 Å². The molecule has 0 aliphatic heterocycles. The molecule has 0 saturated heterocycles. The third-order valence-electron chi connectivity index (χ3n) is 13.5. The van der Waals surface area contributed by atoms with E-state index in [2.05, 4.69) is 101 Å². The zero-order valence-corrected chi connectivity index (χ0v) is 29.9. The first-order valence-corrected chi connectivity index (χ1v) is 19.5. The van der Waals surface area contributed by atoms with Crippen molar-refractivity contribution in [1.82, 2.24) is 24.9 Å². The lowest BCUT2D eigenvalue weighted by Gasteiger charge is -2.61. The Morgan fingerprint density at radius 2 is 0.944 bits per heavy atom. The van der Waals surface area contributed by atoms with Crippen LogP contribution in [-0.4, -0.2) is 24.9 Å². The second kappa shape index (κ2) is 11.5. The molecule has 4 saturated carbocycles. The Balaban J connectivity index is 1.11. The molecule has 5 aromatic carbocycles. The van der Waals surface area contributed by atoms with Crippen LogP contribution >= 0.6 is 0 Å². The number of hydrogen-bond acceptors (Lipinski definition) is 5. The van der Waals surface area contributed by atoms with E-state index in [1.165, 1.54) is 65.1 Å². The molecule has 3 aromatic heterocycles. The van der Waals surface area contributed by atoms with Crippen molar-refractivity contribution < 1.29 is 0 Å². The molecule has 258 valence electrons. The first-order valence-electron chi connectivity index (χ1n) is 19.5. The van der Waals surface area contributed by atoms with Crippen LogP contribution in [0.1, 0.15) is 43.2 Å². The van der Waals surface area contributed by atoms with E-state index in [0.29, 0.717) is 29.3 Å². The van der Waals surface area contributed by atoms with Gasteiger partial charge < -0.3 is 0 Å². The van der Waals surface area contributed by atoms with Gasteiger partial charge in [-0.2, -0.15) is 0 Å². The summed E-state index contributed by atoms with van der Waals surface area (Å²) >= 11 is 0. The van der Waals surface area contributed by atoms with Gasteiger partial charge in [0.1, 0.15) is 0 Å². The quantitative estimate of drug-likeness (QED) is 0.172. The average Bonchev–Trinajstić information content (AvgIpc) is 3.52. The van der Waals surface area contributed by atoms with Gasteiger partial charge in [-0.05, 0) is 141 Å². The number of benzene rings is 5. The van der Waals surface area contributed by atoms with Crippen LogP contribution in [0.2, 0.25) is 0 Å². The molecule has 5 nitrogen and oxygen atoms in total. The number of nitrogens with zero attached hydrogens (tertiary/aromatic N) is 5. The van der Waals surface area contributed by atoms with E-state index in [0.717, 1.165) is 39.3 Å². The van der Waals surface area contributed by atoms with Crippen molar-refractivity contribution in [3.05, 3.63) is 151 Å². The van der Waals surface area contributed by atoms with E-state index in [-0.39, 0.29) is 5.41 Å². The van der Waals surface area contributed by atoms with Gasteiger partial charge in [-0.15, -0.1) is 0 Å². The van der Waals surface area contributed by atoms with Gasteiger partial charge in [0, 0.05) is 46.9 Å². The zero-order valence-electron chi connectivity index (χ0n) is 29.9. The fourth-order valence-electron chi connectivity index (χ4n) is 11.7. The molecule has 3 heterocycles. The summed E-state index contributed by atoms with van der Waals surface area (Å²) < 4.78 is 0. The second-order valence-corrected chi connectivity index (χ2v) is 16.1. The Morgan fingerprint density at radius 1 is 0.426 bits per heavy atom. The molecule has 0 unspecified atom stereocenters. The van der Waals surface area contributed by atoms with Crippen molar-refractivity contribution in [3.63, 3.8) is 0 Å². The summed E-state index contributed by atoms with van der Waals surface area (Å²) in [4.78, 5) is 24.1. The molecule has 4 fully saturated rings. The maximum atomic E-state index is 5.19. The van der Waals surface area contributed by atoms with Gasteiger partial charge in [-0.3, -0.25) is 9.97 Å². The van der Waals surface area contributed by atoms with Crippen molar-refractivity contribution >= 4 is 21.5 Å². The number of rotatable bonds is 4. The summed E-state index contributed by atoms with van der Waals surface area (Å²) in [5.41, 5.74) is 11.4. The molecule has 54 heavy (non-hydrogen) atoms. The average molecular weight is 696 g/mol. The molecule has 1 spiro atoms. The summed E-state index contributed by atoms with van der Waals surface area (Å²) in [7, 11) is 0. The van der Waals surface area contributed by atoms with E-state index in [1.54, 1.807) is 23.5 Å².